The lowest BCUT2D eigenvalue weighted by atomic mass is 9.64. The minimum Gasteiger partial charge on any atom is -0.371 e. The molecule has 96 valence electrons. The molecule has 1 saturated carbocycles. The van der Waals surface area contributed by atoms with Crippen LogP contribution in [-0.4, -0.2) is 19.6 Å². The fourth-order valence-corrected chi connectivity index (χ4v) is 4.12. The van der Waals surface area contributed by atoms with Gasteiger partial charge >= 0.3 is 0 Å². The molecule has 0 amide bonds. The lowest BCUT2D eigenvalue weighted by molar-refractivity contribution is 0.253. The molecular formula is C16H22N2. The highest BCUT2D eigenvalue weighted by atomic mass is 15.2. The third kappa shape index (κ3) is 1.33. The first-order valence-electron chi connectivity index (χ1n) is 7.44. The number of nitrogens with two attached hydrogens (primary N) is 1. The molecule has 1 aromatic rings. The molecule has 0 unspecified atom stereocenters. The average molecular weight is 242 g/mol. The second kappa shape index (κ2) is 3.74. The van der Waals surface area contributed by atoms with Gasteiger partial charge in [-0.3, -0.25) is 0 Å². The maximum absolute atomic E-state index is 6.07. The van der Waals surface area contributed by atoms with Gasteiger partial charge in [0.1, 0.15) is 0 Å². The smallest absolute Gasteiger partial charge is 0.0432 e. The largest absolute Gasteiger partial charge is 0.371 e. The van der Waals surface area contributed by atoms with Crippen LogP contribution >= 0.6 is 0 Å². The minimum atomic E-state index is 0.330. The Morgan fingerprint density at radius 2 is 1.83 bits per heavy atom. The zero-order valence-electron chi connectivity index (χ0n) is 11.0. The van der Waals surface area contributed by atoms with Gasteiger partial charge in [-0.1, -0.05) is 18.6 Å². The van der Waals surface area contributed by atoms with Crippen LogP contribution in [0.1, 0.15) is 42.4 Å². The van der Waals surface area contributed by atoms with Crippen LogP contribution < -0.4 is 10.6 Å². The number of aryl methyl sites for hydroxylation is 1. The van der Waals surface area contributed by atoms with E-state index in [0.29, 0.717) is 5.41 Å². The first-order valence-corrected chi connectivity index (χ1v) is 7.44. The van der Waals surface area contributed by atoms with Gasteiger partial charge in [0.2, 0.25) is 0 Å². The highest BCUT2D eigenvalue weighted by Crippen LogP contribution is 2.46. The molecule has 18 heavy (non-hydrogen) atoms. The number of rotatable bonds is 2. The molecule has 0 saturated heterocycles. The van der Waals surface area contributed by atoms with Crippen molar-refractivity contribution in [1.29, 1.82) is 0 Å². The van der Waals surface area contributed by atoms with Crippen molar-refractivity contribution in [3.8, 4) is 0 Å². The predicted octanol–water partition coefficient (Wildman–Crippen LogP) is 2.38. The van der Waals surface area contributed by atoms with Gasteiger partial charge < -0.3 is 10.6 Å². The number of hydrogen-bond acceptors (Lipinski definition) is 2. The average Bonchev–Trinajstić information content (AvgIpc) is 2.74. The van der Waals surface area contributed by atoms with Crippen molar-refractivity contribution in [3.63, 3.8) is 0 Å². The zero-order chi connectivity index (χ0) is 12.2. The molecular weight excluding hydrogens is 220 g/mol. The fraction of sp³-hybridized carbons (Fsp3) is 0.625. The Labute approximate surface area is 109 Å². The molecule has 1 fully saturated rings. The van der Waals surface area contributed by atoms with Crippen LogP contribution in [-0.2, 0) is 18.3 Å². The van der Waals surface area contributed by atoms with Crippen molar-refractivity contribution in [2.75, 3.05) is 24.5 Å². The Balaban J connectivity index is 1.83. The summed E-state index contributed by atoms with van der Waals surface area (Å²) in [7, 11) is 0. The van der Waals surface area contributed by atoms with Crippen molar-refractivity contribution in [2.45, 2.75) is 43.9 Å². The molecule has 1 aliphatic carbocycles. The maximum Gasteiger partial charge on any atom is 0.0432 e. The van der Waals surface area contributed by atoms with E-state index < -0.39 is 0 Å². The first kappa shape index (κ1) is 10.9. The number of hydrogen-bond donors (Lipinski definition) is 1. The van der Waals surface area contributed by atoms with E-state index in [-0.39, 0.29) is 0 Å². The summed E-state index contributed by atoms with van der Waals surface area (Å²) < 4.78 is 0. The van der Waals surface area contributed by atoms with Crippen molar-refractivity contribution >= 4 is 5.69 Å². The lowest BCUT2D eigenvalue weighted by Crippen LogP contribution is -2.41. The molecule has 2 nitrogen and oxygen atoms in total. The topological polar surface area (TPSA) is 29.3 Å². The van der Waals surface area contributed by atoms with E-state index in [9.17, 15) is 0 Å². The van der Waals surface area contributed by atoms with Gasteiger partial charge in [-0.05, 0) is 48.8 Å². The molecule has 0 spiro atoms. The van der Waals surface area contributed by atoms with E-state index in [0.717, 1.165) is 6.54 Å². The first-order chi connectivity index (χ1) is 8.82. The maximum atomic E-state index is 6.07. The Bertz CT molecular complexity index is 483. The molecule has 2 heterocycles. The molecule has 2 heteroatoms. The molecule has 3 aliphatic rings. The Hall–Kier alpha value is -1.02. The van der Waals surface area contributed by atoms with Crippen LogP contribution in [0.2, 0.25) is 0 Å². The Morgan fingerprint density at radius 3 is 2.50 bits per heavy atom. The normalized spacial score (nSPS) is 23.7. The fourth-order valence-electron chi connectivity index (χ4n) is 4.12. The minimum absolute atomic E-state index is 0.330. The van der Waals surface area contributed by atoms with Crippen LogP contribution in [0.25, 0.3) is 0 Å². The summed E-state index contributed by atoms with van der Waals surface area (Å²) in [5, 5.41) is 0. The van der Waals surface area contributed by atoms with Crippen molar-refractivity contribution < 1.29 is 0 Å². The standard InChI is InChI=1S/C16H22N2/c17-11-16(5-2-6-16)14-9-12-3-1-7-18-8-4-13(10-14)15(12)18/h9-10H,1-8,11,17H2. The SMILES string of the molecule is NCC1(c2cc3c4c(c2)CCN4CCC3)CCC1. The van der Waals surface area contributed by atoms with Gasteiger partial charge in [0.05, 0.1) is 0 Å². The molecule has 0 bridgehead atoms. The van der Waals surface area contributed by atoms with Gasteiger partial charge in [0.15, 0.2) is 0 Å². The Kier molecular flexibility index (Phi) is 2.25. The van der Waals surface area contributed by atoms with Crippen molar-refractivity contribution in [1.82, 2.24) is 0 Å². The van der Waals surface area contributed by atoms with E-state index >= 15 is 0 Å². The van der Waals surface area contributed by atoms with E-state index in [1.165, 1.54) is 51.6 Å². The zero-order valence-corrected chi connectivity index (χ0v) is 11.0. The van der Waals surface area contributed by atoms with Crippen molar-refractivity contribution in [3.05, 3.63) is 28.8 Å². The molecule has 0 atom stereocenters. The summed E-state index contributed by atoms with van der Waals surface area (Å²) in [5.74, 6) is 0. The number of nitrogens with zero attached hydrogens (tertiary/aromatic N) is 1. The summed E-state index contributed by atoms with van der Waals surface area (Å²) in [6, 6.07) is 4.97. The Morgan fingerprint density at radius 1 is 1.06 bits per heavy atom. The summed E-state index contributed by atoms with van der Waals surface area (Å²) in [6.07, 6.45) is 7.79. The van der Waals surface area contributed by atoms with E-state index in [4.69, 9.17) is 5.73 Å². The second-order valence-corrected chi connectivity index (χ2v) is 6.32. The van der Waals surface area contributed by atoms with E-state index in [2.05, 4.69) is 17.0 Å². The monoisotopic (exact) mass is 242 g/mol. The summed E-state index contributed by atoms with van der Waals surface area (Å²) in [4.78, 5) is 2.59. The number of benzene rings is 1. The highest BCUT2D eigenvalue weighted by Gasteiger charge is 2.39. The summed E-state index contributed by atoms with van der Waals surface area (Å²) in [5.41, 5.74) is 12.7. The summed E-state index contributed by atoms with van der Waals surface area (Å²) >= 11 is 0. The van der Waals surface area contributed by atoms with E-state index in [1.54, 1.807) is 22.4 Å². The van der Waals surface area contributed by atoms with E-state index in [1.807, 2.05) is 0 Å². The van der Waals surface area contributed by atoms with Crippen LogP contribution in [0.4, 0.5) is 5.69 Å². The molecule has 2 aliphatic heterocycles. The van der Waals surface area contributed by atoms with Crippen molar-refractivity contribution in [2.24, 2.45) is 5.73 Å². The third-order valence-corrected chi connectivity index (χ3v) is 5.42. The van der Waals surface area contributed by atoms with Crippen LogP contribution in [0.3, 0.4) is 0 Å². The predicted molar refractivity (Wildman–Crippen MR) is 75.3 cm³/mol. The number of anilines is 1. The third-order valence-electron chi connectivity index (χ3n) is 5.42. The molecule has 1 aromatic carbocycles. The quantitative estimate of drug-likeness (QED) is 0.862. The van der Waals surface area contributed by atoms with Crippen LogP contribution in [0, 0.1) is 0 Å². The second-order valence-electron chi connectivity index (χ2n) is 6.32. The van der Waals surface area contributed by atoms with Gasteiger partial charge in [-0.25, -0.2) is 0 Å². The molecule has 4 rings (SSSR count). The molecule has 0 aromatic heterocycles. The van der Waals surface area contributed by atoms with Gasteiger partial charge in [-0.2, -0.15) is 0 Å². The van der Waals surface area contributed by atoms with Gasteiger partial charge in [0, 0.05) is 30.7 Å². The van der Waals surface area contributed by atoms with Crippen LogP contribution in [0.15, 0.2) is 12.1 Å². The van der Waals surface area contributed by atoms with Crippen LogP contribution in [0.5, 0.6) is 0 Å². The molecule has 2 N–H and O–H groups in total. The lowest BCUT2D eigenvalue weighted by Gasteiger charge is -2.42. The van der Waals surface area contributed by atoms with Gasteiger partial charge in [0.25, 0.3) is 0 Å². The van der Waals surface area contributed by atoms with Gasteiger partial charge in [-0.15, -0.1) is 0 Å². The highest BCUT2D eigenvalue weighted by molar-refractivity contribution is 5.66. The molecule has 0 radical (unpaired) electrons. The summed E-state index contributed by atoms with van der Waals surface area (Å²) in [6.45, 7) is 3.33.